The largest absolute Gasteiger partial charge is 0.265 e. The highest BCUT2D eigenvalue weighted by molar-refractivity contribution is 5.90. The van der Waals surface area contributed by atoms with E-state index in [0.717, 1.165) is 11.1 Å². The van der Waals surface area contributed by atoms with Crippen LogP contribution in [0.5, 0.6) is 0 Å². The van der Waals surface area contributed by atoms with E-state index in [1.165, 1.54) is 0 Å². The summed E-state index contributed by atoms with van der Waals surface area (Å²) in [5, 5.41) is 0. The summed E-state index contributed by atoms with van der Waals surface area (Å²) in [7, 11) is 0. The van der Waals surface area contributed by atoms with E-state index in [1.807, 2.05) is 12.1 Å². The van der Waals surface area contributed by atoms with Crippen LogP contribution in [0.3, 0.4) is 0 Å². The summed E-state index contributed by atoms with van der Waals surface area (Å²) in [4.78, 5) is 12.1. The zero-order chi connectivity index (χ0) is 11.8. The molecule has 16 heavy (non-hydrogen) atoms. The zero-order valence-corrected chi connectivity index (χ0v) is 9.65. The minimum atomic E-state index is 0.00877. The zero-order valence-electron chi connectivity index (χ0n) is 9.65. The molecule has 0 fully saturated rings. The van der Waals surface area contributed by atoms with E-state index >= 15 is 0 Å². The molecular formula is C13H13N3. The molecule has 3 heteroatoms. The standard InChI is InChI=1S/C13H13N3/c1-13(2,3)9-5-6-10(14-4)12-11(9)15-7-8-16-12/h5-8H,1-3H3. The van der Waals surface area contributed by atoms with Crippen molar-refractivity contribution in [2.45, 2.75) is 26.2 Å². The molecule has 0 atom stereocenters. The summed E-state index contributed by atoms with van der Waals surface area (Å²) in [6.07, 6.45) is 3.30. The second kappa shape index (κ2) is 3.57. The molecule has 0 saturated carbocycles. The summed E-state index contributed by atoms with van der Waals surface area (Å²) >= 11 is 0. The number of fused-ring (bicyclic) bond motifs is 1. The number of hydrogen-bond acceptors (Lipinski definition) is 2. The molecule has 1 aromatic heterocycles. The van der Waals surface area contributed by atoms with Gasteiger partial charge in [-0.3, -0.25) is 9.97 Å². The molecule has 0 unspecified atom stereocenters. The third-order valence-electron chi connectivity index (χ3n) is 2.53. The van der Waals surface area contributed by atoms with E-state index in [-0.39, 0.29) is 5.41 Å². The van der Waals surface area contributed by atoms with Gasteiger partial charge in [0.1, 0.15) is 0 Å². The molecule has 0 aliphatic heterocycles. The molecule has 2 aromatic rings. The van der Waals surface area contributed by atoms with Crippen molar-refractivity contribution in [1.82, 2.24) is 9.97 Å². The highest BCUT2D eigenvalue weighted by Gasteiger charge is 2.19. The normalized spacial score (nSPS) is 11.4. The summed E-state index contributed by atoms with van der Waals surface area (Å²) < 4.78 is 0. The van der Waals surface area contributed by atoms with Crippen LogP contribution < -0.4 is 0 Å². The van der Waals surface area contributed by atoms with Crippen molar-refractivity contribution < 1.29 is 0 Å². The Morgan fingerprint density at radius 2 is 1.69 bits per heavy atom. The first-order valence-corrected chi connectivity index (χ1v) is 5.15. The first kappa shape index (κ1) is 10.6. The molecule has 0 spiro atoms. The third-order valence-corrected chi connectivity index (χ3v) is 2.53. The minimum Gasteiger partial charge on any atom is -0.265 e. The fourth-order valence-corrected chi connectivity index (χ4v) is 1.74. The molecule has 80 valence electrons. The van der Waals surface area contributed by atoms with Crippen LogP contribution in [0.2, 0.25) is 0 Å². The lowest BCUT2D eigenvalue weighted by Crippen LogP contribution is -2.12. The van der Waals surface area contributed by atoms with Crippen LogP contribution in [-0.4, -0.2) is 9.97 Å². The van der Waals surface area contributed by atoms with Crippen LogP contribution in [0.15, 0.2) is 24.5 Å². The Morgan fingerprint density at radius 1 is 1.06 bits per heavy atom. The second-order valence-corrected chi connectivity index (χ2v) is 4.75. The predicted molar refractivity (Wildman–Crippen MR) is 64.5 cm³/mol. The highest BCUT2D eigenvalue weighted by atomic mass is 14.8. The van der Waals surface area contributed by atoms with E-state index in [2.05, 4.69) is 35.6 Å². The Kier molecular flexibility index (Phi) is 2.35. The lowest BCUT2D eigenvalue weighted by Gasteiger charge is -2.20. The maximum atomic E-state index is 7.11. The summed E-state index contributed by atoms with van der Waals surface area (Å²) in [5.74, 6) is 0. The average molecular weight is 211 g/mol. The van der Waals surface area contributed by atoms with Crippen LogP contribution in [0.4, 0.5) is 5.69 Å². The third kappa shape index (κ3) is 1.63. The quantitative estimate of drug-likeness (QED) is 0.624. The fourth-order valence-electron chi connectivity index (χ4n) is 1.74. The Balaban J connectivity index is 2.87. The molecule has 0 bridgehead atoms. The lowest BCUT2D eigenvalue weighted by molar-refractivity contribution is 0.594. The van der Waals surface area contributed by atoms with Gasteiger partial charge in [-0.1, -0.05) is 32.9 Å². The van der Waals surface area contributed by atoms with Gasteiger partial charge in [-0.25, -0.2) is 4.85 Å². The van der Waals surface area contributed by atoms with Gasteiger partial charge in [0.25, 0.3) is 0 Å². The van der Waals surface area contributed by atoms with Crippen molar-refractivity contribution in [3.63, 3.8) is 0 Å². The topological polar surface area (TPSA) is 30.1 Å². The second-order valence-electron chi connectivity index (χ2n) is 4.75. The Morgan fingerprint density at radius 3 is 2.25 bits per heavy atom. The van der Waals surface area contributed by atoms with Gasteiger partial charge in [0.05, 0.1) is 17.6 Å². The van der Waals surface area contributed by atoms with E-state index in [0.29, 0.717) is 11.2 Å². The van der Waals surface area contributed by atoms with Crippen molar-refractivity contribution in [3.8, 4) is 0 Å². The molecule has 0 aliphatic carbocycles. The van der Waals surface area contributed by atoms with Crippen LogP contribution >= 0.6 is 0 Å². The maximum Gasteiger partial charge on any atom is 0.214 e. The SMILES string of the molecule is [C-]#[N+]c1ccc(C(C)(C)C)c2nccnc12. The van der Waals surface area contributed by atoms with Gasteiger partial charge in [0, 0.05) is 12.4 Å². The molecule has 2 rings (SSSR count). The van der Waals surface area contributed by atoms with Gasteiger partial charge in [-0.15, -0.1) is 0 Å². The molecule has 0 saturated heterocycles. The first-order valence-electron chi connectivity index (χ1n) is 5.15. The smallest absolute Gasteiger partial charge is 0.214 e. The summed E-state index contributed by atoms with van der Waals surface area (Å²) in [6, 6.07) is 3.80. The average Bonchev–Trinajstić information content (AvgIpc) is 2.26. The van der Waals surface area contributed by atoms with Gasteiger partial charge in [0.15, 0.2) is 0 Å². The molecule has 1 aromatic carbocycles. The van der Waals surface area contributed by atoms with Crippen LogP contribution in [0.25, 0.3) is 15.9 Å². The van der Waals surface area contributed by atoms with E-state index in [1.54, 1.807) is 12.4 Å². The van der Waals surface area contributed by atoms with Crippen molar-refractivity contribution in [2.24, 2.45) is 0 Å². The number of nitrogens with zero attached hydrogens (tertiary/aromatic N) is 3. The first-order chi connectivity index (χ1) is 7.54. The monoisotopic (exact) mass is 211 g/mol. The fraction of sp³-hybridized carbons (Fsp3) is 0.308. The molecule has 0 amide bonds. The van der Waals surface area contributed by atoms with Gasteiger partial charge in [0.2, 0.25) is 5.69 Å². The molecule has 3 nitrogen and oxygen atoms in total. The summed E-state index contributed by atoms with van der Waals surface area (Å²) in [6.45, 7) is 13.5. The molecule has 0 radical (unpaired) electrons. The highest BCUT2D eigenvalue weighted by Crippen LogP contribution is 2.32. The van der Waals surface area contributed by atoms with Crippen LogP contribution in [-0.2, 0) is 5.41 Å². The number of aromatic nitrogens is 2. The molecule has 1 heterocycles. The van der Waals surface area contributed by atoms with Gasteiger partial charge >= 0.3 is 0 Å². The van der Waals surface area contributed by atoms with Gasteiger partial charge in [-0.05, 0) is 11.0 Å². The van der Waals surface area contributed by atoms with Crippen LogP contribution in [0, 0.1) is 6.57 Å². The Bertz CT molecular complexity index is 574. The van der Waals surface area contributed by atoms with E-state index in [4.69, 9.17) is 6.57 Å². The van der Waals surface area contributed by atoms with E-state index < -0.39 is 0 Å². The molecule has 0 aliphatic rings. The minimum absolute atomic E-state index is 0.00877. The lowest BCUT2D eigenvalue weighted by atomic mass is 9.86. The summed E-state index contributed by atoms with van der Waals surface area (Å²) in [5.41, 5.74) is 3.24. The van der Waals surface area contributed by atoms with Gasteiger partial charge in [-0.2, -0.15) is 0 Å². The number of rotatable bonds is 0. The van der Waals surface area contributed by atoms with Crippen molar-refractivity contribution in [3.05, 3.63) is 41.5 Å². The Labute approximate surface area is 95.0 Å². The van der Waals surface area contributed by atoms with Crippen molar-refractivity contribution in [1.29, 1.82) is 0 Å². The molecular weight excluding hydrogens is 198 g/mol. The number of hydrogen-bond donors (Lipinski definition) is 0. The van der Waals surface area contributed by atoms with Crippen molar-refractivity contribution in [2.75, 3.05) is 0 Å². The van der Waals surface area contributed by atoms with Gasteiger partial charge < -0.3 is 0 Å². The maximum absolute atomic E-state index is 7.11. The van der Waals surface area contributed by atoms with Crippen molar-refractivity contribution >= 4 is 16.7 Å². The number of benzene rings is 1. The molecule has 0 N–H and O–H groups in total. The van der Waals surface area contributed by atoms with E-state index in [9.17, 15) is 0 Å². The van der Waals surface area contributed by atoms with Crippen LogP contribution in [0.1, 0.15) is 26.3 Å². The Hall–Kier alpha value is -1.95. The predicted octanol–water partition coefficient (Wildman–Crippen LogP) is 3.48.